The van der Waals surface area contributed by atoms with Crippen molar-refractivity contribution in [3.63, 3.8) is 0 Å². The van der Waals surface area contributed by atoms with E-state index in [0.29, 0.717) is 18.6 Å². The lowest BCUT2D eigenvalue weighted by molar-refractivity contribution is -0.176. The van der Waals surface area contributed by atoms with Gasteiger partial charge in [0.1, 0.15) is 23.9 Å². The Morgan fingerprint density at radius 3 is 2.51 bits per heavy atom. The summed E-state index contributed by atoms with van der Waals surface area (Å²) in [6, 6.07) is 6.83. The molecule has 1 aliphatic heterocycles. The Kier molecular flexibility index (Phi) is 14.9. The fourth-order valence-electron chi connectivity index (χ4n) is 4.11. The van der Waals surface area contributed by atoms with Gasteiger partial charge < -0.3 is 34.0 Å². The van der Waals surface area contributed by atoms with Crippen LogP contribution in [0.5, 0.6) is 5.75 Å². The van der Waals surface area contributed by atoms with Crippen molar-refractivity contribution >= 4 is 32.1 Å². The minimum Gasteiger partial charge on any atom is -0.497 e. The molecule has 0 spiro atoms. The average molecular weight is 638 g/mol. The highest BCUT2D eigenvalue weighted by molar-refractivity contribution is 7.99. The van der Waals surface area contributed by atoms with Gasteiger partial charge in [-0.2, -0.15) is 0 Å². The average Bonchev–Trinajstić information content (AvgIpc) is 2.97. The van der Waals surface area contributed by atoms with E-state index < -0.39 is 44.2 Å². The van der Waals surface area contributed by atoms with Crippen LogP contribution in [0.3, 0.4) is 0 Å². The summed E-state index contributed by atoms with van der Waals surface area (Å²) in [4.78, 5) is 27.7. The Labute approximate surface area is 260 Å². The molecule has 12 nitrogen and oxygen atoms in total. The largest absolute Gasteiger partial charge is 0.497 e. The molecule has 0 aliphatic carbocycles. The molecule has 14 heteroatoms. The molecule has 43 heavy (non-hydrogen) atoms. The van der Waals surface area contributed by atoms with Gasteiger partial charge in [0.25, 0.3) is 0 Å². The SMILES string of the molecule is C=CCOC(=O)NC1C(O[Si](C)(C)C(C)(C)C)[C@@H](OCc2ccc(OC)cc2)C(CN=[N+]=[N-])O[C@@H]1SCCCC(=O)NC. The second-order valence-electron chi connectivity index (χ2n) is 11.6. The first-order chi connectivity index (χ1) is 20.4. The number of nitrogens with one attached hydrogen (secondary N) is 2. The number of nitrogens with zero attached hydrogens (tertiary/aromatic N) is 3. The molecule has 1 aliphatic rings. The van der Waals surface area contributed by atoms with Crippen molar-refractivity contribution in [3.8, 4) is 5.75 Å². The van der Waals surface area contributed by atoms with Crippen LogP contribution in [-0.4, -0.2) is 83.2 Å². The fraction of sp³-hybridized carbons (Fsp3) is 0.655. The van der Waals surface area contributed by atoms with E-state index in [4.69, 9.17) is 28.9 Å². The van der Waals surface area contributed by atoms with E-state index in [2.05, 4.69) is 61.1 Å². The Morgan fingerprint density at radius 1 is 1.23 bits per heavy atom. The first-order valence-corrected chi connectivity index (χ1v) is 18.3. The van der Waals surface area contributed by atoms with Gasteiger partial charge in [0.15, 0.2) is 8.32 Å². The number of thioether (sulfide) groups is 1. The second-order valence-corrected chi connectivity index (χ2v) is 17.6. The van der Waals surface area contributed by atoms with Crippen LogP contribution in [0.1, 0.15) is 39.2 Å². The summed E-state index contributed by atoms with van der Waals surface area (Å²) in [5.41, 5.74) is 9.47. The number of carbonyl (C=O) groups excluding carboxylic acids is 2. The molecule has 0 radical (unpaired) electrons. The summed E-state index contributed by atoms with van der Waals surface area (Å²) in [6.45, 7) is 14.5. The van der Waals surface area contributed by atoms with Gasteiger partial charge in [0, 0.05) is 18.4 Å². The molecular formula is C29H47N5O7SSi. The van der Waals surface area contributed by atoms with Crippen LogP contribution in [0.15, 0.2) is 42.0 Å². The van der Waals surface area contributed by atoms with Gasteiger partial charge in [-0.25, -0.2) is 4.79 Å². The van der Waals surface area contributed by atoms with Crippen molar-refractivity contribution in [2.75, 3.05) is 33.1 Å². The number of hydrogen-bond donors (Lipinski definition) is 2. The van der Waals surface area contributed by atoms with Crippen LogP contribution in [0.2, 0.25) is 18.1 Å². The predicted octanol–water partition coefficient (Wildman–Crippen LogP) is 5.55. The van der Waals surface area contributed by atoms with Crippen molar-refractivity contribution in [1.29, 1.82) is 0 Å². The third-order valence-corrected chi connectivity index (χ3v) is 13.3. The number of methoxy groups -OCH3 is 1. The lowest BCUT2D eigenvalue weighted by atomic mass is 9.97. The summed E-state index contributed by atoms with van der Waals surface area (Å²) in [5, 5.41) is 9.27. The molecule has 0 saturated carbocycles. The third kappa shape index (κ3) is 11.4. The third-order valence-electron chi connectivity index (χ3n) is 7.54. The van der Waals surface area contributed by atoms with Crippen molar-refractivity contribution in [2.45, 2.75) is 88.1 Å². The summed E-state index contributed by atoms with van der Waals surface area (Å²) < 4.78 is 30.6. The number of alkyl carbamates (subject to hydrolysis) is 1. The molecule has 5 atom stereocenters. The van der Waals surface area contributed by atoms with Gasteiger partial charge in [0.2, 0.25) is 5.91 Å². The number of hydrogen-bond acceptors (Lipinski definition) is 9. The van der Waals surface area contributed by atoms with E-state index >= 15 is 0 Å². The molecule has 2 amide bonds. The molecule has 1 heterocycles. The van der Waals surface area contributed by atoms with Gasteiger partial charge in [0.05, 0.1) is 38.5 Å². The van der Waals surface area contributed by atoms with Crippen molar-refractivity contribution in [3.05, 3.63) is 52.9 Å². The van der Waals surface area contributed by atoms with Gasteiger partial charge in [-0.3, -0.25) is 4.79 Å². The molecule has 1 aromatic carbocycles. The number of ether oxygens (including phenoxy) is 4. The lowest BCUT2D eigenvalue weighted by Crippen LogP contribution is -2.67. The van der Waals surface area contributed by atoms with Crippen LogP contribution in [0.4, 0.5) is 4.79 Å². The Bertz CT molecular complexity index is 1100. The predicted molar refractivity (Wildman–Crippen MR) is 171 cm³/mol. The molecule has 2 N–H and O–H groups in total. The normalized spacial score (nSPS) is 22.2. The zero-order chi connectivity index (χ0) is 32.0. The molecule has 1 saturated heterocycles. The second kappa shape index (κ2) is 17.5. The Hall–Kier alpha value is -2.74. The number of azide groups is 1. The zero-order valence-electron chi connectivity index (χ0n) is 26.3. The van der Waals surface area contributed by atoms with Crippen LogP contribution in [0.25, 0.3) is 10.4 Å². The molecule has 240 valence electrons. The summed E-state index contributed by atoms with van der Waals surface area (Å²) >= 11 is 1.46. The Balaban J connectivity index is 2.50. The van der Waals surface area contributed by atoms with Crippen LogP contribution in [-0.2, 0) is 30.0 Å². The van der Waals surface area contributed by atoms with Crippen LogP contribution >= 0.6 is 11.8 Å². The zero-order valence-corrected chi connectivity index (χ0v) is 28.1. The topological polar surface area (TPSA) is 153 Å². The summed E-state index contributed by atoms with van der Waals surface area (Å²) in [6.07, 6.45) is -0.228. The molecule has 0 aromatic heterocycles. The number of rotatable bonds is 16. The van der Waals surface area contributed by atoms with Crippen LogP contribution in [0, 0.1) is 0 Å². The number of amides is 2. The van der Waals surface area contributed by atoms with E-state index in [-0.39, 0.29) is 30.7 Å². The minimum atomic E-state index is -2.45. The molecule has 1 aromatic rings. The highest BCUT2D eigenvalue weighted by Gasteiger charge is 2.52. The van der Waals surface area contributed by atoms with Crippen molar-refractivity contribution in [1.82, 2.24) is 10.6 Å². The first-order valence-electron chi connectivity index (χ1n) is 14.3. The Morgan fingerprint density at radius 2 is 1.93 bits per heavy atom. The van der Waals surface area contributed by atoms with E-state index in [1.54, 1.807) is 14.2 Å². The van der Waals surface area contributed by atoms with E-state index in [1.807, 2.05) is 24.3 Å². The minimum absolute atomic E-state index is 0.00404. The van der Waals surface area contributed by atoms with E-state index in [1.165, 1.54) is 17.8 Å². The highest BCUT2D eigenvalue weighted by Crippen LogP contribution is 2.41. The molecule has 2 rings (SSSR count). The van der Waals surface area contributed by atoms with Gasteiger partial charge >= 0.3 is 6.09 Å². The highest BCUT2D eigenvalue weighted by atomic mass is 32.2. The van der Waals surface area contributed by atoms with Gasteiger partial charge in [-0.1, -0.05) is 50.7 Å². The van der Waals surface area contributed by atoms with Crippen molar-refractivity contribution < 1.29 is 33.0 Å². The number of carbonyl (C=O) groups is 2. The smallest absolute Gasteiger partial charge is 0.407 e. The number of benzene rings is 1. The fourth-order valence-corrected chi connectivity index (χ4v) is 6.62. The quantitative estimate of drug-likeness (QED) is 0.0598. The first kappa shape index (κ1) is 36.4. The standard InChI is InChI=1S/C29H47N5O7SSi/c1-9-16-38-28(36)33-24-26(41-43(7,8)29(2,3)4)25(39-19-20-12-14-21(37-6)15-13-20)22(18-32-34-30)40-27(24)42-17-10-11-23(35)31-5/h9,12-15,22,24-27H,1,10-11,16-19H2,2-8H3,(H,31,35)(H,33,36)/t22?,24?,25-,26?,27+/m0/s1. The maximum atomic E-state index is 12.9. The van der Waals surface area contributed by atoms with Crippen molar-refractivity contribution in [2.24, 2.45) is 5.11 Å². The molecule has 0 bridgehead atoms. The summed E-state index contributed by atoms with van der Waals surface area (Å²) in [7, 11) is 0.759. The maximum absolute atomic E-state index is 12.9. The van der Waals surface area contributed by atoms with E-state index in [0.717, 1.165) is 11.3 Å². The van der Waals surface area contributed by atoms with Crippen LogP contribution < -0.4 is 15.4 Å². The van der Waals surface area contributed by atoms with Gasteiger partial charge in [-0.05, 0) is 53.5 Å². The lowest BCUT2D eigenvalue weighted by Gasteiger charge is -2.50. The maximum Gasteiger partial charge on any atom is 0.407 e. The van der Waals surface area contributed by atoms with E-state index in [9.17, 15) is 9.59 Å². The molecule has 3 unspecified atom stereocenters. The summed E-state index contributed by atoms with van der Waals surface area (Å²) in [5.74, 6) is 1.25. The molecular weight excluding hydrogens is 591 g/mol. The molecule has 1 fully saturated rings. The van der Waals surface area contributed by atoms with Gasteiger partial charge in [-0.15, -0.1) is 11.8 Å². The monoisotopic (exact) mass is 637 g/mol.